The fraction of sp³-hybridized carbons (Fsp3) is 0.333. The largest absolute Gasteiger partial charge is 0.321 e. The van der Waals surface area contributed by atoms with Crippen molar-refractivity contribution < 1.29 is 18.4 Å². The Balaban J connectivity index is 1.50. The summed E-state index contributed by atoms with van der Waals surface area (Å²) in [6.07, 6.45) is 0.636. The first-order valence-corrected chi connectivity index (χ1v) is 10.0. The van der Waals surface area contributed by atoms with E-state index in [-0.39, 0.29) is 29.5 Å². The Morgan fingerprint density at radius 1 is 1.16 bits per heavy atom. The molecule has 0 spiro atoms. The van der Waals surface area contributed by atoms with Crippen LogP contribution in [-0.2, 0) is 17.9 Å². The van der Waals surface area contributed by atoms with Crippen molar-refractivity contribution in [1.29, 1.82) is 0 Å². The van der Waals surface area contributed by atoms with Crippen LogP contribution in [0.3, 0.4) is 0 Å². The molecule has 3 aromatic rings. The van der Waals surface area contributed by atoms with Gasteiger partial charge in [0.25, 0.3) is 12.3 Å². The van der Waals surface area contributed by atoms with Crippen LogP contribution >= 0.6 is 0 Å². The number of hydrogen-bond acceptors (Lipinski definition) is 4. The number of carbonyl (C=O) groups excluding carboxylic acids is 2. The van der Waals surface area contributed by atoms with Crippen LogP contribution < -0.4 is 10.6 Å². The van der Waals surface area contributed by atoms with E-state index >= 15 is 0 Å². The van der Waals surface area contributed by atoms with Crippen LogP contribution in [0.2, 0.25) is 0 Å². The molecule has 1 fully saturated rings. The minimum Gasteiger partial charge on any atom is -0.321 e. The van der Waals surface area contributed by atoms with Gasteiger partial charge in [-0.1, -0.05) is 18.2 Å². The smallest absolute Gasteiger partial charge is 0.280 e. The lowest BCUT2D eigenvalue weighted by atomic mass is 10.3. The average molecular weight is 428 g/mol. The third kappa shape index (κ3) is 4.79. The van der Waals surface area contributed by atoms with Crippen molar-refractivity contribution in [2.75, 3.05) is 10.6 Å². The Labute approximate surface area is 177 Å². The first kappa shape index (κ1) is 20.7. The molecule has 0 unspecified atom stereocenters. The second kappa shape index (κ2) is 8.66. The summed E-state index contributed by atoms with van der Waals surface area (Å²) in [5.74, 6) is -0.869. The third-order valence-corrected chi connectivity index (χ3v) is 4.95. The fourth-order valence-corrected chi connectivity index (χ4v) is 3.21. The summed E-state index contributed by atoms with van der Waals surface area (Å²) >= 11 is 0. The van der Waals surface area contributed by atoms with Gasteiger partial charge in [-0.05, 0) is 38.0 Å². The average Bonchev–Trinajstić information content (AvgIpc) is 3.38. The van der Waals surface area contributed by atoms with Gasteiger partial charge in [0.15, 0.2) is 5.69 Å². The normalized spacial score (nSPS) is 13.4. The van der Waals surface area contributed by atoms with E-state index in [1.54, 1.807) is 24.3 Å². The Hall–Kier alpha value is -3.56. The lowest BCUT2D eigenvalue weighted by molar-refractivity contribution is -0.117. The van der Waals surface area contributed by atoms with E-state index in [4.69, 9.17) is 0 Å². The Morgan fingerprint density at radius 2 is 1.90 bits per heavy atom. The molecule has 2 amide bonds. The van der Waals surface area contributed by atoms with Crippen LogP contribution in [0.15, 0.2) is 42.6 Å². The van der Waals surface area contributed by atoms with Gasteiger partial charge in [0.05, 0.1) is 11.4 Å². The highest BCUT2D eigenvalue weighted by molar-refractivity contribution is 6.08. The molecule has 162 valence electrons. The number of nitrogens with zero attached hydrogens (tertiary/aromatic N) is 4. The number of amides is 2. The van der Waals surface area contributed by atoms with Crippen molar-refractivity contribution in [3.8, 4) is 0 Å². The molecule has 0 atom stereocenters. The number of hydrogen-bond donors (Lipinski definition) is 2. The highest BCUT2D eigenvalue weighted by Gasteiger charge is 2.29. The zero-order chi connectivity index (χ0) is 22.0. The van der Waals surface area contributed by atoms with Crippen molar-refractivity contribution >= 4 is 23.2 Å². The van der Waals surface area contributed by atoms with Crippen LogP contribution in [0.4, 0.5) is 20.2 Å². The second-order valence-electron chi connectivity index (χ2n) is 7.34. The van der Waals surface area contributed by atoms with Crippen LogP contribution in [0.25, 0.3) is 0 Å². The molecule has 1 saturated carbocycles. The molecule has 0 radical (unpaired) electrons. The maximum atomic E-state index is 13.4. The molecule has 4 rings (SSSR count). The van der Waals surface area contributed by atoms with Gasteiger partial charge >= 0.3 is 0 Å². The van der Waals surface area contributed by atoms with E-state index < -0.39 is 18.2 Å². The van der Waals surface area contributed by atoms with E-state index in [1.807, 2.05) is 13.0 Å². The van der Waals surface area contributed by atoms with Gasteiger partial charge in [0.2, 0.25) is 5.91 Å². The SMILES string of the molecule is CCn1cc(NC(=O)Cn2nc(C3CC3)cc2C(F)F)c(C(=O)Nc2ccccc2)n1. The molecule has 2 heterocycles. The van der Waals surface area contributed by atoms with E-state index in [0.29, 0.717) is 17.9 Å². The van der Waals surface area contributed by atoms with Gasteiger partial charge < -0.3 is 10.6 Å². The molecule has 31 heavy (non-hydrogen) atoms. The zero-order valence-corrected chi connectivity index (χ0v) is 16.9. The molecule has 8 nitrogen and oxygen atoms in total. The van der Waals surface area contributed by atoms with Gasteiger partial charge in [0.1, 0.15) is 12.2 Å². The zero-order valence-electron chi connectivity index (χ0n) is 16.9. The minimum absolute atomic E-state index is 0.0345. The monoisotopic (exact) mass is 428 g/mol. The summed E-state index contributed by atoms with van der Waals surface area (Å²) in [5, 5.41) is 13.7. The van der Waals surface area contributed by atoms with Crippen LogP contribution in [0, 0.1) is 0 Å². The number of nitrogens with one attached hydrogen (secondary N) is 2. The van der Waals surface area contributed by atoms with Gasteiger partial charge in [-0.2, -0.15) is 10.2 Å². The highest BCUT2D eigenvalue weighted by atomic mass is 19.3. The predicted molar refractivity (Wildman–Crippen MR) is 110 cm³/mol. The number of para-hydroxylation sites is 1. The molecule has 0 aliphatic heterocycles. The summed E-state index contributed by atoms with van der Waals surface area (Å²) in [7, 11) is 0. The topological polar surface area (TPSA) is 93.8 Å². The number of aryl methyl sites for hydroxylation is 1. The molecule has 1 aliphatic rings. The molecular weight excluding hydrogens is 406 g/mol. The molecule has 10 heteroatoms. The third-order valence-electron chi connectivity index (χ3n) is 4.95. The molecule has 2 aromatic heterocycles. The number of halogens is 2. The lowest BCUT2D eigenvalue weighted by Gasteiger charge is -2.08. The highest BCUT2D eigenvalue weighted by Crippen LogP contribution is 2.40. The van der Waals surface area contributed by atoms with Gasteiger partial charge in [-0.25, -0.2) is 8.78 Å². The summed E-state index contributed by atoms with van der Waals surface area (Å²) in [4.78, 5) is 25.3. The first-order chi connectivity index (χ1) is 14.9. The Morgan fingerprint density at radius 3 is 2.55 bits per heavy atom. The summed E-state index contributed by atoms with van der Waals surface area (Å²) < 4.78 is 29.3. The predicted octanol–water partition coefficient (Wildman–Crippen LogP) is 3.81. The molecular formula is C21H22F2N6O2. The number of aromatic nitrogens is 4. The molecule has 0 bridgehead atoms. The summed E-state index contributed by atoms with van der Waals surface area (Å²) in [6.45, 7) is 1.94. The van der Waals surface area contributed by atoms with E-state index in [9.17, 15) is 18.4 Å². The molecule has 0 saturated heterocycles. The maximum absolute atomic E-state index is 13.4. The van der Waals surface area contributed by atoms with Gasteiger partial charge in [0, 0.05) is 24.3 Å². The van der Waals surface area contributed by atoms with Crippen molar-refractivity contribution in [3.05, 3.63) is 59.7 Å². The van der Waals surface area contributed by atoms with Gasteiger partial charge in [-0.3, -0.25) is 19.0 Å². The Kier molecular flexibility index (Phi) is 5.79. The van der Waals surface area contributed by atoms with Crippen LogP contribution in [0.5, 0.6) is 0 Å². The number of rotatable bonds is 8. The van der Waals surface area contributed by atoms with E-state index in [1.165, 1.54) is 16.9 Å². The fourth-order valence-electron chi connectivity index (χ4n) is 3.21. The quantitative estimate of drug-likeness (QED) is 0.571. The van der Waals surface area contributed by atoms with Crippen molar-refractivity contribution in [2.24, 2.45) is 0 Å². The van der Waals surface area contributed by atoms with Crippen molar-refractivity contribution in [1.82, 2.24) is 19.6 Å². The maximum Gasteiger partial charge on any atom is 0.280 e. The lowest BCUT2D eigenvalue weighted by Crippen LogP contribution is -2.23. The number of anilines is 2. The molecule has 1 aliphatic carbocycles. The Bertz CT molecular complexity index is 1090. The minimum atomic E-state index is -2.73. The number of alkyl halides is 2. The van der Waals surface area contributed by atoms with Crippen molar-refractivity contribution in [2.45, 2.75) is 45.2 Å². The number of carbonyl (C=O) groups is 2. The molecule has 1 aromatic carbocycles. The summed E-state index contributed by atoms with van der Waals surface area (Å²) in [5.41, 5.74) is 1.12. The molecule has 2 N–H and O–H groups in total. The van der Waals surface area contributed by atoms with Crippen LogP contribution in [0.1, 0.15) is 54.0 Å². The van der Waals surface area contributed by atoms with Crippen LogP contribution in [-0.4, -0.2) is 31.4 Å². The first-order valence-electron chi connectivity index (χ1n) is 10.0. The van der Waals surface area contributed by atoms with Crippen molar-refractivity contribution in [3.63, 3.8) is 0 Å². The standard InChI is InChI=1S/C21H22F2N6O2/c1-2-28-11-16(19(27-28)21(31)24-14-6-4-3-5-7-14)25-18(30)12-29-17(20(22)23)10-15(26-29)13-8-9-13/h3-7,10-11,13,20H,2,8-9,12H2,1H3,(H,24,31)(H,25,30). The van der Waals surface area contributed by atoms with Gasteiger partial charge in [-0.15, -0.1) is 0 Å². The summed E-state index contributed by atoms with van der Waals surface area (Å²) in [6, 6.07) is 10.2. The second-order valence-corrected chi connectivity index (χ2v) is 7.34. The van der Waals surface area contributed by atoms with E-state index in [2.05, 4.69) is 20.8 Å². The van der Waals surface area contributed by atoms with E-state index in [0.717, 1.165) is 17.5 Å². The number of benzene rings is 1.